The van der Waals surface area contributed by atoms with Gasteiger partial charge in [-0.3, -0.25) is 0 Å². The lowest BCUT2D eigenvalue weighted by Crippen LogP contribution is -2.47. The molecule has 1 fully saturated rings. The summed E-state index contributed by atoms with van der Waals surface area (Å²) < 4.78 is 1.76. The van der Waals surface area contributed by atoms with Gasteiger partial charge in [-0.2, -0.15) is 4.98 Å². The minimum atomic E-state index is 0.556. The lowest BCUT2D eigenvalue weighted by molar-refractivity contribution is 0.641. The van der Waals surface area contributed by atoms with Gasteiger partial charge in [-0.15, -0.1) is 16.4 Å². The first-order valence-electron chi connectivity index (χ1n) is 11.0. The number of anilines is 3. The van der Waals surface area contributed by atoms with Crippen molar-refractivity contribution in [3.63, 3.8) is 0 Å². The van der Waals surface area contributed by atoms with Crippen LogP contribution in [0.25, 0.3) is 27.3 Å². The minimum Gasteiger partial charge on any atom is -0.383 e. The maximum absolute atomic E-state index is 6.59. The number of hydrogen-bond donors (Lipinski definition) is 1. The summed E-state index contributed by atoms with van der Waals surface area (Å²) in [5, 5.41) is 7.63. The van der Waals surface area contributed by atoms with Gasteiger partial charge in [0, 0.05) is 31.9 Å². The molecule has 0 atom stereocenters. The topological polar surface area (TPSA) is 76.1 Å². The van der Waals surface area contributed by atoms with Gasteiger partial charge in [0.25, 0.3) is 0 Å². The average Bonchev–Trinajstić information content (AvgIpc) is 3.53. The number of nitrogens with zero attached hydrogens (tertiary/aromatic N) is 6. The van der Waals surface area contributed by atoms with Crippen LogP contribution in [0.3, 0.4) is 0 Å². The Morgan fingerprint density at radius 3 is 2.06 bits per heavy atom. The van der Waals surface area contributed by atoms with Gasteiger partial charge in [0.15, 0.2) is 5.65 Å². The van der Waals surface area contributed by atoms with Crippen molar-refractivity contribution in [2.75, 3.05) is 41.7 Å². The third-order valence-electron chi connectivity index (χ3n) is 6.00. The van der Waals surface area contributed by atoms with E-state index in [0.29, 0.717) is 17.4 Å². The predicted molar refractivity (Wildman–Crippen MR) is 135 cm³/mol. The first-order valence-corrected chi connectivity index (χ1v) is 11.9. The quantitative estimate of drug-likeness (QED) is 0.433. The van der Waals surface area contributed by atoms with E-state index < -0.39 is 0 Å². The van der Waals surface area contributed by atoms with Crippen LogP contribution in [0.1, 0.15) is 0 Å². The maximum Gasteiger partial charge on any atom is 0.228 e. The number of para-hydroxylation sites is 2. The zero-order chi connectivity index (χ0) is 22.2. The van der Waals surface area contributed by atoms with Crippen molar-refractivity contribution < 1.29 is 0 Å². The van der Waals surface area contributed by atoms with E-state index in [0.717, 1.165) is 47.8 Å². The predicted octanol–water partition coefficient (Wildman–Crippen LogP) is 4.45. The van der Waals surface area contributed by atoms with E-state index in [2.05, 4.69) is 51.6 Å². The molecule has 1 aliphatic heterocycles. The number of aromatic nitrogens is 4. The summed E-state index contributed by atoms with van der Waals surface area (Å²) in [4.78, 5) is 15.6. The third-order valence-corrected chi connectivity index (χ3v) is 6.87. The molecular weight excluding hydrogens is 430 g/mol. The molecule has 1 saturated heterocycles. The molecule has 0 saturated carbocycles. The van der Waals surface area contributed by atoms with E-state index in [1.165, 1.54) is 5.69 Å². The Labute approximate surface area is 195 Å². The molecule has 0 radical (unpaired) electrons. The Morgan fingerprint density at radius 2 is 1.39 bits per heavy atom. The number of nitrogen functional groups attached to an aromatic ring is 1. The van der Waals surface area contributed by atoms with E-state index in [9.17, 15) is 0 Å². The molecule has 33 heavy (non-hydrogen) atoms. The number of fused-ring (bicyclic) bond motifs is 1. The number of piperazine rings is 1. The number of hydrogen-bond acceptors (Lipinski definition) is 7. The molecule has 0 amide bonds. The lowest BCUT2D eigenvalue weighted by atomic mass is 10.2. The summed E-state index contributed by atoms with van der Waals surface area (Å²) in [7, 11) is 0. The highest BCUT2D eigenvalue weighted by Crippen LogP contribution is 2.35. The van der Waals surface area contributed by atoms with Crippen molar-refractivity contribution in [1.82, 2.24) is 19.7 Å². The molecule has 4 heterocycles. The summed E-state index contributed by atoms with van der Waals surface area (Å²) in [5.74, 6) is 1.26. The highest BCUT2D eigenvalue weighted by Gasteiger charge is 2.24. The molecule has 2 N–H and O–H groups in total. The Hall–Kier alpha value is -3.91. The summed E-state index contributed by atoms with van der Waals surface area (Å²) in [6, 6.07) is 24.6. The standard InChI is InChI=1S/C25H23N7S/c26-23-21-22(20-12-7-17-33-20)27-25(28-24(21)29-32(23)19-10-5-2-6-11-19)31-15-13-30(14-16-31)18-8-3-1-4-9-18/h1-12,17H,13-16,26H2. The molecule has 0 unspecified atom stereocenters. The summed E-state index contributed by atoms with van der Waals surface area (Å²) in [6.45, 7) is 3.53. The van der Waals surface area contributed by atoms with Crippen molar-refractivity contribution in [3.05, 3.63) is 78.2 Å². The zero-order valence-corrected chi connectivity index (χ0v) is 18.8. The average molecular weight is 454 g/mol. The fourth-order valence-corrected chi connectivity index (χ4v) is 5.02. The minimum absolute atomic E-state index is 0.556. The van der Waals surface area contributed by atoms with Crippen LogP contribution in [0.5, 0.6) is 0 Å². The molecule has 1 aliphatic rings. The van der Waals surface area contributed by atoms with E-state index in [1.54, 1.807) is 16.0 Å². The molecule has 5 aromatic rings. The van der Waals surface area contributed by atoms with Gasteiger partial charge in [-0.1, -0.05) is 42.5 Å². The third kappa shape index (κ3) is 3.58. The maximum atomic E-state index is 6.59. The highest BCUT2D eigenvalue weighted by molar-refractivity contribution is 7.13. The zero-order valence-electron chi connectivity index (χ0n) is 18.0. The van der Waals surface area contributed by atoms with Crippen molar-refractivity contribution in [2.45, 2.75) is 0 Å². The molecule has 0 bridgehead atoms. The van der Waals surface area contributed by atoms with Crippen molar-refractivity contribution in [1.29, 1.82) is 0 Å². The number of benzene rings is 2. The monoisotopic (exact) mass is 453 g/mol. The molecule has 7 nitrogen and oxygen atoms in total. The van der Waals surface area contributed by atoms with Crippen LogP contribution in [-0.2, 0) is 0 Å². The second kappa shape index (κ2) is 8.22. The number of thiophene rings is 1. The smallest absolute Gasteiger partial charge is 0.228 e. The second-order valence-corrected chi connectivity index (χ2v) is 8.94. The molecule has 3 aromatic heterocycles. The second-order valence-electron chi connectivity index (χ2n) is 7.99. The lowest BCUT2D eigenvalue weighted by Gasteiger charge is -2.36. The van der Waals surface area contributed by atoms with Crippen LogP contribution >= 0.6 is 11.3 Å². The highest BCUT2D eigenvalue weighted by atomic mass is 32.1. The van der Waals surface area contributed by atoms with E-state index in [4.69, 9.17) is 20.8 Å². The van der Waals surface area contributed by atoms with Crippen LogP contribution in [0.4, 0.5) is 17.5 Å². The van der Waals surface area contributed by atoms with Gasteiger partial charge >= 0.3 is 0 Å². The molecule has 0 spiro atoms. The molecule has 8 heteroatoms. The van der Waals surface area contributed by atoms with Gasteiger partial charge in [-0.05, 0) is 35.7 Å². The van der Waals surface area contributed by atoms with Crippen LogP contribution in [0.2, 0.25) is 0 Å². The Morgan fingerprint density at radius 1 is 0.727 bits per heavy atom. The Balaban J connectivity index is 1.40. The van der Waals surface area contributed by atoms with Crippen LogP contribution in [0, 0.1) is 0 Å². The van der Waals surface area contributed by atoms with Gasteiger partial charge < -0.3 is 15.5 Å². The molecule has 164 valence electrons. The molecule has 0 aliphatic carbocycles. The molecule has 2 aromatic carbocycles. The molecular formula is C25H23N7S. The largest absolute Gasteiger partial charge is 0.383 e. The fraction of sp³-hybridized carbons (Fsp3) is 0.160. The van der Waals surface area contributed by atoms with Gasteiger partial charge in [0.1, 0.15) is 5.82 Å². The van der Waals surface area contributed by atoms with Crippen LogP contribution in [0.15, 0.2) is 78.2 Å². The number of nitrogens with two attached hydrogens (primary N) is 1. The van der Waals surface area contributed by atoms with Gasteiger partial charge in [0.2, 0.25) is 5.95 Å². The van der Waals surface area contributed by atoms with Crippen LogP contribution in [-0.4, -0.2) is 45.9 Å². The van der Waals surface area contributed by atoms with E-state index in [-0.39, 0.29) is 0 Å². The summed E-state index contributed by atoms with van der Waals surface area (Å²) >= 11 is 1.65. The Bertz CT molecular complexity index is 1370. The summed E-state index contributed by atoms with van der Waals surface area (Å²) in [6.07, 6.45) is 0. The number of rotatable bonds is 4. The van der Waals surface area contributed by atoms with Crippen molar-refractivity contribution in [3.8, 4) is 16.3 Å². The van der Waals surface area contributed by atoms with Crippen molar-refractivity contribution in [2.24, 2.45) is 0 Å². The van der Waals surface area contributed by atoms with E-state index in [1.807, 2.05) is 36.4 Å². The normalized spacial score (nSPS) is 14.2. The van der Waals surface area contributed by atoms with Gasteiger partial charge in [-0.25, -0.2) is 9.67 Å². The Kier molecular flexibility index (Phi) is 4.92. The first-order chi connectivity index (χ1) is 16.3. The first kappa shape index (κ1) is 19.8. The molecule has 6 rings (SSSR count). The fourth-order valence-electron chi connectivity index (χ4n) is 4.30. The van der Waals surface area contributed by atoms with E-state index >= 15 is 0 Å². The SMILES string of the molecule is Nc1c2c(-c3cccs3)nc(N3CCN(c4ccccc4)CC3)nc2nn1-c1ccccc1. The van der Waals surface area contributed by atoms with Gasteiger partial charge in [0.05, 0.1) is 21.6 Å². The summed E-state index contributed by atoms with van der Waals surface area (Å²) in [5.41, 5.74) is 10.2. The van der Waals surface area contributed by atoms with Crippen molar-refractivity contribution >= 4 is 39.8 Å². The van der Waals surface area contributed by atoms with Crippen LogP contribution < -0.4 is 15.5 Å².